The number of nitrogens with zero attached hydrogens (tertiary/aromatic N) is 1. The zero-order valence-electron chi connectivity index (χ0n) is 13.0. The van der Waals surface area contributed by atoms with Crippen LogP contribution in [0.2, 0.25) is 0 Å². The third-order valence-electron chi connectivity index (χ3n) is 3.37. The number of methoxy groups -OCH3 is 1. The van der Waals surface area contributed by atoms with Crippen molar-refractivity contribution in [1.29, 1.82) is 0 Å². The molecule has 0 bridgehead atoms. The standard InChI is InChI=1S/C16H21NO5/c1-11(16(20)21)10-17(2)15(19)9-8-14(18)12-4-6-13(22-3)7-5-12/h4-7,11H,8-10H2,1-3H3,(H,20,21). The van der Waals surface area contributed by atoms with Crippen molar-refractivity contribution in [3.63, 3.8) is 0 Å². The molecule has 1 amide bonds. The van der Waals surface area contributed by atoms with Gasteiger partial charge in [-0.2, -0.15) is 0 Å². The van der Waals surface area contributed by atoms with E-state index in [-0.39, 0.29) is 31.1 Å². The van der Waals surface area contributed by atoms with E-state index in [0.29, 0.717) is 11.3 Å². The van der Waals surface area contributed by atoms with Gasteiger partial charge in [0.05, 0.1) is 13.0 Å². The molecule has 22 heavy (non-hydrogen) atoms. The first kappa shape index (κ1) is 17.7. The molecule has 1 N–H and O–H groups in total. The largest absolute Gasteiger partial charge is 0.497 e. The summed E-state index contributed by atoms with van der Waals surface area (Å²) < 4.78 is 5.01. The second-order valence-electron chi connectivity index (χ2n) is 5.17. The molecule has 0 saturated heterocycles. The highest BCUT2D eigenvalue weighted by atomic mass is 16.5. The highest BCUT2D eigenvalue weighted by molar-refractivity contribution is 5.98. The molecule has 120 valence electrons. The quantitative estimate of drug-likeness (QED) is 0.741. The number of carboxylic acid groups (broad SMARTS) is 1. The highest BCUT2D eigenvalue weighted by Crippen LogP contribution is 2.13. The lowest BCUT2D eigenvalue weighted by atomic mass is 10.1. The minimum atomic E-state index is -0.950. The maximum Gasteiger partial charge on any atom is 0.308 e. The molecule has 0 spiro atoms. The third kappa shape index (κ3) is 5.20. The molecule has 0 fully saturated rings. The smallest absolute Gasteiger partial charge is 0.308 e. The Morgan fingerprint density at radius 1 is 1.18 bits per heavy atom. The maximum absolute atomic E-state index is 12.0. The monoisotopic (exact) mass is 307 g/mol. The molecule has 0 saturated carbocycles. The van der Waals surface area contributed by atoms with Gasteiger partial charge >= 0.3 is 5.97 Å². The van der Waals surface area contributed by atoms with Crippen molar-refractivity contribution in [3.05, 3.63) is 29.8 Å². The third-order valence-corrected chi connectivity index (χ3v) is 3.37. The fourth-order valence-electron chi connectivity index (χ4n) is 1.92. The molecule has 6 heteroatoms. The van der Waals surface area contributed by atoms with E-state index in [1.807, 2.05) is 0 Å². The molecule has 1 atom stereocenters. The molecule has 0 heterocycles. The molecular weight excluding hydrogens is 286 g/mol. The minimum Gasteiger partial charge on any atom is -0.497 e. The summed E-state index contributed by atoms with van der Waals surface area (Å²) in [5, 5.41) is 8.82. The number of carbonyl (C=O) groups is 3. The van der Waals surface area contributed by atoms with Crippen LogP contribution in [-0.4, -0.2) is 48.4 Å². The van der Waals surface area contributed by atoms with E-state index >= 15 is 0 Å². The second kappa shape index (κ2) is 8.17. The molecule has 1 aromatic rings. The van der Waals surface area contributed by atoms with Crippen molar-refractivity contribution in [3.8, 4) is 5.75 Å². The molecule has 1 unspecified atom stereocenters. The van der Waals surface area contributed by atoms with Crippen molar-refractivity contribution >= 4 is 17.7 Å². The number of carboxylic acids is 1. The van der Waals surface area contributed by atoms with Gasteiger partial charge in [-0.1, -0.05) is 6.92 Å². The zero-order chi connectivity index (χ0) is 16.7. The summed E-state index contributed by atoms with van der Waals surface area (Å²) in [6.07, 6.45) is 0.157. The number of hydrogen-bond acceptors (Lipinski definition) is 4. The van der Waals surface area contributed by atoms with Gasteiger partial charge in [-0.15, -0.1) is 0 Å². The average Bonchev–Trinajstić information content (AvgIpc) is 2.51. The number of ketones is 1. The molecule has 1 rings (SSSR count). The van der Waals surface area contributed by atoms with Crippen LogP contribution in [0, 0.1) is 5.92 Å². The molecule has 0 aliphatic rings. The Hall–Kier alpha value is -2.37. The van der Waals surface area contributed by atoms with Gasteiger partial charge < -0.3 is 14.7 Å². The number of benzene rings is 1. The van der Waals surface area contributed by atoms with Crippen LogP contribution in [0.3, 0.4) is 0 Å². The van der Waals surface area contributed by atoms with Gasteiger partial charge in [-0.25, -0.2) is 0 Å². The minimum absolute atomic E-state index is 0.0632. The molecule has 0 aliphatic heterocycles. The Kier molecular flexibility index (Phi) is 6.56. The Morgan fingerprint density at radius 3 is 2.27 bits per heavy atom. The van der Waals surface area contributed by atoms with E-state index in [1.54, 1.807) is 38.4 Å². The van der Waals surface area contributed by atoms with Crippen molar-refractivity contribution in [2.75, 3.05) is 20.7 Å². The van der Waals surface area contributed by atoms with E-state index in [9.17, 15) is 14.4 Å². The second-order valence-corrected chi connectivity index (χ2v) is 5.17. The fourth-order valence-corrected chi connectivity index (χ4v) is 1.92. The first-order chi connectivity index (χ1) is 10.3. The number of rotatable bonds is 8. The van der Waals surface area contributed by atoms with Crippen molar-refractivity contribution in [2.24, 2.45) is 5.92 Å². The predicted octanol–water partition coefficient (Wildman–Crippen LogP) is 1.84. The number of carbonyl (C=O) groups excluding carboxylic acids is 2. The van der Waals surface area contributed by atoms with Crippen LogP contribution < -0.4 is 4.74 Å². The van der Waals surface area contributed by atoms with Gasteiger partial charge in [0.15, 0.2) is 5.78 Å². The summed E-state index contributed by atoms with van der Waals surface area (Å²) in [7, 11) is 3.09. The van der Waals surface area contributed by atoms with E-state index in [2.05, 4.69) is 0 Å². The van der Waals surface area contributed by atoms with Crippen LogP contribution >= 0.6 is 0 Å². The van der Waals surface area contributed by atoms with Crippen LogP contribution in [0.25, 0.3) is 0 Å². The van der Waals surface area contributed by atoms with Gasteiger partial charge in [0.1, 0.15) is 5.75 Å². The van der Waals surface area contributed by atoms with E-state index < -0.39 is 11.9 Å². The summed E-state index contributed by atoms with van der Waals surface area (Å²) in [6, 6.07) is 6.69. The maximum atomic E-state index is 12.0. The van der Waals surface area contributed by atoms with Crippen LogP contribution in [0.1, 0.15) is 30.1 Å². The van der Waals surface area contributed by atoms with Crippen LogP contribution in [-0.2, 0) is 9.59 Å². The molecular formula is C16H21NO5. The van der Waals surface area contributed by atoms with Crippen molar-refractivity contribution in [2.45, 2.75) is 19.8 Å². The Morgan fingerprint density at radius 2 is 1.77 bits per heavy atom. The lowest BCUT2D eigenvalue weighted by Crippen LogP contribution is -2.33. The van der Waals surface area contributed by atoms with Crippen LogP contribution in [0.5, 0.6) is 5.75 Å². The topological polar surface area (TPSA) is 83.9 Å². The summed E-state index contributed by atoms with van der Waals surface area (Å²) in [4.78, 5) is 36.0. The number of ether oxygens (including phenoxy) is 1. The number of hydrogen-bond donors (Lipinski definition) is 1. The predicted molar refractivity (Wildman–Crippen MR) is 81.0 cm³/mol. The molecule has 0 aliphatic carbocycles. The Bertz CT molecular complexity index is 538. The van der Waals surface area contributed by atoms with Gasteiger partial charge in [0, 0.05) is 32.0 Å². The summed E-state index contributed by atoms with van der Waals surface area (Å²) in [5.74, 6) is -1.29. The summed E-state index contributed by atoms with van der Waals surface area (Å²) in [5.41, 5.74) is 0.523. The SMILES string of the molecule is COc1ccc(C(=O)CCC(=O)N(C)CC(C)C(=O)O)cc1. The lowest BCUT2D eigenvalue weighted by Gasteiger charge is -2.19. The van der Waals surface area contributed by atoms with Crippen molar-refractivity contribution < 1.29 is 24.2 Å². The normalized spacial score (nSPS) is 11.6. The molecule has 0 radical (unpaired) electrons. The van der Waals surface area contributed by atoms with Crippen LogP contribution in [0.4, 0.5) is 0 Å². The first-order valence-electron chi connectivity index (χ1n) is 6.99. The average molecular weight is 307 g/mol. The van der Waals surface area contributed by atoms with E-state index in [4.69, 9.17) is 9.84 Å². The zero-order valence-corrected chi connectivity index (χ0v) is 13.0. The number of Topliss-reactive ketones (excluding diaryl/α,β-unsaturated/α-hetero) is 1. The van der Waals surface area contributed by atoms with Gasteiger partial charge in [-0.05, 0) is 24.3 Å². The highest BCUT2D eigenvalue weighted by Gasteiger charge is 2.18. The fraction of sp³-hybridized carbons (Fsp3) is 0.438. The van der Waals surface area contributed by atoms with E-state index in [1.165, 1.54) is 11.8 Å². The van der Waals surface area contributed by atoms with Crippen molar-refractivity contribution in [1.82, 2.24) is 4.90 Å². The lowest BCUT2D eigenvalue weighted by molar-refractivity contribution is -0.142. The molecule has 1 aromatic carbocycles. The molecule has 0 aromatic heterocycles. The number of aliphatic carboxylic acids is 1. The number of amides is 1. The van der Waals surface area contributed by atoms with E-state index in [0.717, 1.165) is 0 Å². The van der Waals surface area contributed by atoms with Gasteiger partial charge in [0.2, 0.25) is 5.91 Å². The first-order valence-corrected chi connectivity index (χ1v) is 6.99. The van der Waals surface area contributed by atoms with Gasteiger partial charge in [0.25, 0.3) is 0 Å². The Balaban J connectivity index is 2.48. The van der Waals surface area contributed by atoms with Gasteiger partial charge in [-0.3, -0.25) is 14.4 Å². The van der Waals surface area contributed by atoms with Crippen LogP contribution in [0.15, 0.2) is 24.3 Å². The summed E-state index contributed by atoms with van der Waals surface area (Å²) in [6.45, 7) is 1.67. The Labute approximate surface area is 129 Å². The molecule has 6 nitrogen and oxygen atoms in total. The summed E-state index contributed by atoms with van der Waals surface area (Å²) >= 11 is 0.